The minimum absolute atomic E-state index is 0.393. The molecular formula is C10H10Cl2O2. The van der Waals surface area contributed by atoms with Gasteiger partial charge in [0, 0.05) is 6.07 Å². The highest BCUT2D eigenvalue weighted by molar-refractivity contribution is 6.36. The van der Waals surface area contributed by atoms with Crippen molar-refractivity contribution in [3.05, 3.63) is 34.8 Å². The van der Waals surface area contributed by atoms with Gasteiger partial charge in [-0.25, -0.2) is 0 Å². The predicted molar refractivity (Wildman–Crippen MR) is 58.7 cm³/mol. The Morgan fingerprint density at radius 3 is 2.50 bits per heavy atom. The van der Waals surface area contributed by atoms with E-state index in [1.165, 1.54) is 7.11 Å². The second-order valence-corrected chi connectivity index (χ2v) is 3.33. The van der Waals surface area contributed by atoms with E-state index < -0.39 is 0 Å². The fourth-order valence-electron chi connectivity index (χ4n) is 0.926. The first-order chi connectivity index (χ1) is 6.69. The van der Waals surface area contributed by atoms with Crippen molar-refractivity contribution in [3.8, 4) is 11.5 Å². The molecule has 0 fully saturated rings. The Kier molecular flexibility index (Phi) is 4.11. The number of benzene rings is 1. The second kappa shape index (κ2) is 5.13. The van der Waals surface area contributed by atoms with E-state index in [0.717, 1.165) is 0 Å². The van der Waals surface area contributed by atoms with Crippen molar-refractivity contribution in [1.82, 2.24) is 0 Å². The van der Waals surface area contributed by atoms with Gasteiger partial charge in [-0.1, -0.05) is 35.9 Å². The second-order valence-electron chi connectivity index (χ2n) is 2.52. The van der Waals surface area contributed by atoms with E-state index in [9.17, 15) is 0 Å². The van der Waals surface area contributed by atoms with Crippen LogP contribution in [0.25, 0.3) is 0 Å². The molecule has 0 spiro atoms. The number of methoxy groups -OCH3 is 1. The summed E-state index contributed by atoms with van der Waals surface area (Å²) in [7, 11) is 1.53. The molecule has 1 rings (SSSR count). The van der Waals surface area contributed by atoms with Crippen LogP contribution in [-0.2, 0) is 0 Å². The molecule has 76 valence electrons. The summed E-state index contributed by atoms with van der Waals surface area (Å²) in [4.78, 5) is 0. The Bertz CT molecular complexity index is 337. The van der Waals surface area contributed by atoms with Crippen molar-refractivity contribution in [2.45, 2.75) is 0 Å². The van der Waals surface area contributed by atoms with Crippen LogP contribution < -0.4 is 9.47 Å². The first-order valence-corrected chi connectivity index (χ1v) is 4.71. The van der Waals surface area contributed by atoms with Gasteiger partial charge < -0.3 is 9.47 Å². The molecule has 14 heavy (non-hydrogen) atoms. The molecule has 0 aliphatic carbocycles. The van der Waals surface area contributed by atoms with E-state index in [-0.39, 0.29) is 0 Å². The number of hydrogen-bond acceptors (Lipinski definition) is 2. The summed E-state index contributed by atoms with van der Waals surface area (Å²) >= 11 is 11.7. The summed E-state index contributed by atoms with van der Waals surface area (Å²) in [6.07, 6.45) is 1.64. The maximum atomic E-state index is 5.89. The monoisotopic (exact) mass is 232 g/mol. The average molecular weight is 233 g/mol. The van der Waals surface area contributed by atoms with E-state index >= 15 is 0 Å². The standard InChI is InChI=1S/C10H10Cl2O2/c1-3-4-14-10-6-9(13-2)7(11)5-8(10)12/h3,5-6H,1,4H2,2H3. The Hall–Kier alpha value is -0.860. The van der Waals surface area contributed by atoms with Crippen LogP contribution in [0.1, 0.15) is 0 Å². The van der Waals surface area contributed by atoms with Crippen molar-refractivity contribution in [1.29, 1.82) is 0 Å². The highest BCUT2D eigenvalue weighted by atomic mass is 35.5. The fourth-order valence-corrected chi connectivity index (χ4v) is 1.44. The lowest BCUT2D eigenvalue weighted by Gasteiger charge is -2.09. The third kappa shape index (κ3) is 2.56. The Morgan fingerprint density at radius 2 is 1.93 bits per heavy atom. The van der Waals surface area contributed by atoms with E-state index in [1.807, 2.05) is 0 Å². The smallest absolute Gasteiger partial charge is 0.142 e. The Balaban J connectivity index is 2.98. The van der Waals surface area contributed by atoms with Crippen LogP contribution >= 0.6 is 23.2 Å². The molecule has 0 amide bonds. The molecule has 0 saturated carbocycles. The van der Waals surface area contributed by atoms with Crippen molar-refractivity contribution < 1.29 is 9.47 Å². The minimum atomic E-state index is 0.393. The fraction of sp³-hybridized carbons (Fsp3) is 0.200. The van der Waals surface area contributed by atoms with Crippen LogP contribution in [-0.4, -0.2) is 13.7 Å². The van der Waals surface area contributed by atoms with Crippen LogP contribution in [0, 0.1) is 0 Å². The van der Waals surface area contributed by atoms with Gasteiger partial charge in [-0.05, 0) is 6.07 Å². The molecule has 4 heteroatoms. The van der Waals surface area contributed by atoms with Crippen molar-refractivity contribution in [2.75, 3.05) is 13.7 Å². The molecule has 0 aliphatic heterocycles. The molecule has 0 aromatic heterocycles. The van der Waals surface area contributed by atoms with Crippen LogP contribution in [0.4, 0.5) is 0 Å². The van der Waals surface area contributed by atoms with Gasteiger partial charge in [0.2, 0.25) is 0 Å². The van der Waals surface area contributed by atoms with E-state index in [4.69, 9.17) is 32.7 Å². The molecule has 0 N–H and O–H groups in total. The summed E-state index contributed by atoms with van der Waals surface area (Å²) < 4.78 is 10.3. The van der Waals surface area contributed by atoms with Gasteiger partial charge in [-0.3, -0.25) is 0 Å². The van der Waals surface area contributed by atoms with Gasteiger partial charge in [0.1, 0.15) is 18.1 Å². The van der Waals surface area contributed by atoms with Gasteiger partial charge in [-0.2, -0.15) is 0 Å². The van der Waals surface area contributed by atoms with Gasteiger partial charge in [0.15, 0.2) is 0 Å². The maximum Gasteiger partial charge on any atom is 0.142 e. The molecule has 0 aliphatic rings. The zero-order valence-corrected chi connectivity index (χ0v) is 9.23. The van der Waals surface area contributed by atoms with E-state index in [0.29, 0.717) is 28.2 Å². The van der Waals surface area contributed by atoms with Crippen molar-refractivity contribution >= 4 is 23.2 Å². The van der Waals surface area contributed by atoms with Gasteiger partial charge >= 0.3 is 0 Å². The van der Waals surface area contributed by atoms with Gasteiger partial charge in [0.25, 0.3) is 0 Å². The third-order valence-electron chi connectivity index (χ3n) is 1.56. The predicted octanol–water partition coefficient (Wildman–Crippen LogP) is 3.57. The topological polar surface area (TPSA) is 18.5 Å². The molecule has 1 aromatic carbocycles. The number of halogens is 2. The first-order valence-electron chi connectivity index (χ1n) is 3.95. The zero-order valence-electron chi connectivity index (χ0n) is 7.72. The molecule has 0 saturated heterocycles. The number of hydrogen-bond donors (Lipinski definition) is 0. The molecule has 2 nitrogen and oxygen atoms in total. The largest absolute Gasteiger partial charge is 0.495 e. The van der Waals surface area contributed by atoms with Gasteiger partial charge in [-0.15, -0.1) is 0 Å². The average Bonchev–Trinajstić information content (AvgIpc) is 2.17. The number of ether oxygens (including phenoxy) is 2. The third-order valence-corrected chi connectivity index (χ3v) is 2.15. The summed E-state index contributed by atoms with van der Waals surface area (Å²) in [6, 6.07) is 3.23. The Labute approximate surface area is 93.0 Å². The first kappa shape index (κ1) is 11.2. The van der Waals surface area contributed by atoms with Crippen LogP contribution in [0.3, 0.4) is 0 Å². The summed E-state index contributed by atoms with van der Waals surface area (Å²) in [5, 5.41) is 0.918. The van der Waals surface area contributed by atoms with Crippen LogP contribution in [0.15, 0.2) is 24.8 Å². The molecule has 1 aromatic rings. The highest BCUT2D eigenvalue weighted by Gasteiger charge is 2.07. The summed E-state index contributed by atoms with van der Waals surface area (Å²) in [6.45, 7) is 3.93. The molecule has 0 heterocycles. The number of rotatable bonds is 4. The Morgan fingerprint density at radius 1 is 1.29 bits per heavy atom. The zero-order chi connectivity index (χ0) is 10.6. The lowest BCUT2D eigenvalue weighted by Crippen LogP contribution is -1.94. The van der Waals surface area contributed by atoms with Crippen LogP contribution in [0.5, 0.6) is 11.5 Å². The summed E-state index contributed by atoms with van der Waals surface area (Å²) in [5.41, 5.74) is 0. The van der Waals surface area contributed by atoms with E-state index in [1.54, 1.807) is 18.2 Å². The normalized spacial score (nSPS) is 9.64. The molecule has 0 unspecified atom stereocenters. The molecule has 0 bridgehead atoms. The molecular weight excluding hydrogens is 223 g/mol. The van der Waals surface area contributed by atoms with Crippen molar-refractivity contribution in [2.24, 2.45) is 0 Å². The lowest BCUT2D eigenvalue weighted by atomic mass is 10.3. The molecule has 0 atom stereocenters. The lowest BCUT2D eigenvalue weighted by molar-refractivity contribution is 0.357. The quantitative estimate of drug-likeness (QED) is 0.740. The van der Waals surface area contributed by atoms with Crippen molar-refractivity contribution in [3.63, 3.8) is 0 Å². The molecule has 0 radical (unpaired) electrons. The van der Waals surface area contributed by atoms with E-state index in [2.05, 4.69) is 6.58 Å². The van der Waals surface area contributed by atoms with Crippen LogP contribution in [0.2, 0.25) is 10.0 Å². The SMILES string of the molecule is C=CCOc1cc(OC)c(Cl)cc1Cl. The minimum Gasteiger partial charge on any atom is -0.495 e. The van der Waals surface area contributed by atoms with Gasteiger partial charge in [0.05, 0.1) is 17.2 Å². The summed E-state index contributed by atoms with van der Waals surface area (Å²) in [5.74, 6) is 1.07. The maximum absolute atomic E-state index is 5.89. The highest BCUT2D eigenvalue weighted by Crippen LogP contribution is 2.35.